The van der Waals surface area contributed by atoms with Crippen molar-refractivity contribution in [3.63, 3.8) is 0 Å². The lowest BCUT2D eigenvalue weighted by atomic mass is 9.99. The van der Waals surface area contributed by atoms with Crippen LogP contribution in [0.3, 0.4) is 0 Å². The average Bonchev–Trinajstić information content (AvgIpc) is 2.46. The van der Waals surface area contributed by atoms with E-state index in [9.17, 15) is 13.2 Å². The summed E-state index contributed by atoms with van der Waals surface area (Å²) in [5.41, 5.74) is 2.88. The first-order chi connectivity index (χ1) is 9.99. The molecule has 0 heterocycles. The third-order valence-electron chi connectivity index (χ3n) is 3.69. The van der Waals surface area contributed by atoms with Gasteiger partial charge in [0, 0.05) is 6.04 Å². The number of hydrazine groups is 1. The first kappa shape index (κ1) is 18.0. The van der Waals surface area contributed by atoms with Gasteiger partial charge in [0.2, 0.25) is 0 Å². The lowest BCUT2D eigenvalue weighted by Gasteiger charge is -2.17. The van der Waals surface area contributed by atoms with Crippen LogP contribution in [0.1, 0.15) is 69.0 Å². The fourth-order valence-corrected chi connectivity index (χ4v) is 2.38. The van der Waals surface area contributed by atoms with E-state index in [-0.39, 0.29) is 6.04 Å². The molecule has 2 nitrogen and oxygen atoms in total. The molecule has 0 aliphatic carbocycles. The minimum atomic E-state index is -4.29. The Morgan fingerprint density at radius 1 is 1.00 bits per heavy atom. The maximum atomic E-state index is 12.5. The summed E-state index contributed by atoms with van der Waals surface area (Å²) in [6.45, 7) is 2.18. The number of hydrogen-bond donors (Lipinski definition) is 2. The second-order valence-corrected chi connectivity index (χ2v) is 5.40. The molecule has 21 heavy (non-hydrogen) atoms. The van der Waals surface area contributed by atoms with Crippen LogP contribution in [0.15, 0.2) is 24.3 Å². The van der Waals surface area contributed by atoms with Crippen molar-refractivity contribution in [2.45, 2.75) is 64.1 Å². The van der Waals surface area contributed by atoms with Crippen molar-refractivity contribution >= 4 is 0 Å². The monoisotopic (exact) mass is 302 g/mol. The summed E-state index contributed by atoms with van der Waals surface area (Å²) in [6, 6.07) is 5.15. The normalized spacial score (nSPS) is 13.4. The van der Waals surface area contributed by atoms with Gasteiger partial charge in [0.05, 0.1) is 5.56 Å². The molecular weight excluding hydrogens is 277 g/mol. The molecule has 0 radical (unpaired) electrons. The van der Waals surface area contributed by atoms with Crippen LogP contribution in [-0.2, 0) is 6.18 Å². The molecule has 0 aliphatic rings. The van der Waals surface area contributed by atoms with E-state index in [0.29, 0.717) is 0 Å². The molecule has 0 fully saturated rings. The Bertz CT molecular complexity index is 388. The molecule has 1 aromatic carbocycles. The summed E-state index contributed by atoms with van der Waals surface area (Å²) in [5.74, 6) is 5.52. The molecule has 1 rings (SSSR count). The summed E-state index contributed by atoms with van der Waals surface area (Å²) in [4.78, 5) is 0. The Labute approximate surface area is 124 Å². The molecule has 0 amide bonds. The summed E-state index contributed by atoms with van der Waals surface area (Å²) < 4.78 is 37.5. The second-order valence-electron chi connectivity index (χ2n) is 5.40. The van der Waals surface area contributed by atoms with Gasteiger partial charge in [-0.2, -0.15) is 13.2 Å². The van der Waals surface area contributed by atoms with Gasteiger partial charge in [-0.1, -0.05) is 57.6 Å². The molecule has 3 N–H and O–H groups in total. The number of nitrogens with two attached hydrogens (primary N) is 1. The Balaban J connectivity index is 2.45. The van der Waals surface area contributed by atoms with Gasteiger partial charge in [-0.05, 0) is 24.1 Å². The highest BCUT2D eigenvalue weighted by Gasteiger charge is 2.30. The van der Waals surface area contributed by atoms with Crippen LogP contribution in [-0.4, -0.2) is 0 Å². The smallest absolute Gasteiger partial charge is 0.271 e. The van der Waals surface area contributed by atoms with Gasteiger partial charge in [-0.25, -0.2) is 0 Å². The van der Waals surface area contributed by atoms with Gasteiger partial charge in [-0.3, -0.25) is 11.3 Å². The highest BCUT2D eigenvalue weighted by Crippen LogP contribution is 2.30. The highest BCUT2D eigenvalue weighted by atomic mass is 19.4. The SMILES string of the molecule is CCCCCCCCC(NN)c1ccc(C(F)(F)F)cc1. The number of rotatable bonds is 9. The van der Waals surface area contributed by atoms with Crippen LogP contribution >= 0.6 is 0 Å². The molecular formula is C16H25F3N2. The summed E-state index contributed by atoms with van der Waals surface area (Å²) in [5, 5.41) is 0. The molecule has 0 bridgehead atoms. The Morgan fingerprint density at radius 2 is 1.57 bits per heavy atom. The second kappa shape index (κ2) is 9.05. The van der Waals surface area contributed by atoms with Crippen molar-refractivity contribution in [1.29, 1.82) is 0 Å². The molecule has 0 aromatic heterocycles. The zero-order valence-electron chi connectivity index (χ0n) is 12.5. The third-order valence-corrected chi connectivity index (χ3v) is 3.69. The standard InChI is InChI=1S/C16H25F3N2/c1-2-3-4-5-6-7-8-15(21-20)13-9-11-14(12-10-13)16(17,18)19/h9-12,15,21H,2-8,20H2,1H3. The fraction of sp³-hybridized carbons (Fsp3) is 0.625. The number of hydrogen-bond acceptors (Lipinski definition) is 2. The van der Waals surface area contributed by atoms with Crippen LogP contribution in [0.5, 0.6) is 0 Å². The quantitative estimate of drug-likeness (QED) is 0.384. The number of halogens is 3. The van der Waals surface area contributed by atoms with E-state index < -0.39 is 11.7 Å². The molecule has 0 aliphatic heterocycles. The maximum absolute atomic E-state index is 12.5. The Morgan fingerprint density at radius 3 is 2.10 bits per heavy atom. The van der Waals surface area contributed by atoms with Crippen molar-refractivity contribution < 1.29 is 13.2 Å². The van der Waals surface area contributed by atoms with Gasteiger partial charge in [0.15, 0.2) is 0 Å². The van der Waals surface area contributed by atoms with Gasteiger partial charge in [0.25, 0.3) is 0 Å². The van der Waals surface area contributed by atoms with E-state index in [1.165, 1.54) is 37.8 Å². The Kier molecular flexibility index (Phi) is 7.75. The summed E-state index contributed by atoms with van der Waals surface area (Å²) in [6.07, 6.45) is 3.65. The predicted molar refractivity (Wildman–Crippen MR) is 79.5 cm³/mol. The van der Waals surface area contributed by atoms with Crippen molar-refractivity contribution in [3.05, 3.63) is 35.4 Å². The van der Waals surface area contributed by atoms with Crippen molar-refractivity contribution in [2.75, 3.05) is 0 Å². The lowest BCUT2D eigenvalue weighted by Crippen LogP contribution is -2.28. The minimum absolute atomic E-state index is 0.0848. The summed E-state index contributed by atoms with van der Waals surface area (Å²) in [7, 11) is 0. The van der Waals surface area contributed by atoms with E-state index in [1.54, 1.807) is 0 Å². The van der Waals surface area contributed by atoms with Gasteiger partial charge < -0.3 is 0 Å². The number of alkyl halides is 3. The number of benzene rings is 1. The minimum Gasteiger partial charge on any atom is -0.271 e. The van der Waals surface area contributed by atoms with Gasteiger partial charge >= 0.3 is 6.18 Å². The lowest BCUT2D eigenvalue weighted by molar-refractivity contribution is -0.137. The Hall–Kier alpha value is -1.07. The maximum Gasteiger partial charge on any atom is 0.416 e. The topological polar surface area (TPSA) is 38.0 Å². The molecule has 1 unspecified atom stereocenters. The van der Waals surface area contributed by atoms with Gasteiger partial charge in [0.1, 0.15) is 0 Å². The molecule has 120 valence electrons. The van der Waals surface area contributed by atoms with Crippen molar-refractivity contribution in [2.24, 2.45) is 5.84 Å². The first-order valence-corrected chi connectivity index (χ1v) is 7.62. The zero-order valence-corrected chi connectivity index (χ0v) is 12.5. The van der Waals surface area contributed by atoms with E-state index in [1.807, 2.05) is 0 Å². The van der Waals surface area contributed by atoms with E-state index in [0.717, 1.165) is 37.0 Å². The largest absolute Gasteiger partial charge is 0.416 e. The fourth-order valence-electron chi connectivity index (χ4n) is 2.38. The first-order valence-electron chi connectivity index (χ1n) is 7.62. The predicted octanol–water partition coefficient (Wildman–Crippen LogP) is 4.96. The van der Waals surface area contributed by atoms with Crippen molar-refractivity contribution in [1.82, 2.24) is 5.43 Å². The van der Waals surface area contributed by atoms with Crippen LogP contribution in [0.4, 0.5) is 13.2 Å². The molecule has 5 heteroatoms. The van der Waals surface area contributed by atoms with Gasteiger partial charge in [-0.15, -0.1) is 0 Å². The van der Waals surface area contributed by atoms with E-state index in [4.69, 9.17) is 5.84 Å². The molecule has 1 atom stereocenters. The molecule has 0 saturated heterocycles. The number of unbranched alkanes of at least 4 members (excludes halogenated alkanes) is 5. The van der Waals surface area contributed by atoms with Crippen LogP contribution in [0.25, 0.3) is 0 Å². The zero-order chi connectivity index (χ0) is 15.7. The highest BCUT2D eigenvalue weighted by molar-refractivity contribution is 5.26. The number of nitrogens with one attached hydrogen (secondary N) is 1. The van der Waals surface area contributed by atoms with Crippen LogP contribution in [0, 0.1) is 0 Å². The van der Waals surface area contributed by atoms with E-state index in [2.05, 4.69) is 12.3 Å². The van der Waals surface area contributed by atoms with E-state index >= 15 is 0 Å². The summed E-state index contributed by atoms with van der Waals surface area (Å²) >= 11 is 0. The molecule has 0 spiro atoms. The third kappa shape index (κ3) is 6.48. The molecule has 1 aromatic rings. The average molecular weight is 302 g/mol. The van der Waals surface area contributed by atoms with Crippen LogP contribution in [0.2, 0.25) is 0 Å². The van der Waals surface area contributed by atoms with Crippen molar-refractivity contribution in [3.8, 4) is 0 Å². The molecule has 0 saturated carbocycles. The van der Waals surface area contributed by atoms with Crippen LogP contribution < -0.4 is 11.3 Å².